The number of carbonyl (C=O) groups excluding carboxylic acids is 1. The van der Waals surface area contributed by atoms with Gasteiger partial charge in [-0.1, -0.05) is 18.6 Å². The molecule has 0 aromatic heterocycles. The van der Waals surface area contributed by atoms with E-state index in [4.69, 9.17) is 14.2 Å². The van der Waals surface area contributed by atoms with Crippen LogP contribution in [0.5, 0.6) is 0 Å². The molecule has 0 radical (unpaired) electrons. The largest absolute Gasteiger partial charge is 0.458 e. The first kappa shape index (κ1) is 22.1. The summed E-state index contributed by atoms with van der Waals surface area (Å²) in [6, 6.07) is 0. The van der Waals surface area contributed by atoms with Crippen molar-refractivity contribution >= 4 is 5.97 Å². The number of aliphatic hydroxyl groups excluding tert-OH is 4. The summed E-state index contributed by atoms with van der Waals surface area (Å²) in [6.45, 7) is 5.13. The third-order valence-corrected chi connectivity index (χ3v) is 7.94. The molecule has 2 aliphatic carbocycles. The quantitative estimate of drug-likeness (QED) is 0.289. The van der Waals surface area contributed by atoms with Crippen molar-refractivity contribution in [3.63, 3.8) is 0 Å². The number of hydrogen-bond acceptors (Lipinski definition) is 9. The maximum absolute atomic E-state index is 12.2. The summed E-state index contributed by atoms with van der Waals surface area (Å²) >= 11 is 0. The molecule has 4 aliphatic rings. The Morgan fingerprint density at radius 2 is 1.90 bits per heavy atom. The van der Waals surface area contributed by atoms with Crippen molar-refractivity contribution < 1.29 is 44.5 Å². The molecule has 0 aromatic rings. The zero-order valence-corrected chi connectivity index (χ0v) is 17.5. The van der Waals surface area contributed by atoms with Crippen molar-refractivity contribution in [2.75, 3.05) is 6.61 Å². The molecule has 0 bridgehead atoms. The third kappa shape index (κ3) is 3.06. The Balaban J connectivity index is 1.60. The van der Waals surface area contributed by atoms with Crippen LogP contribution in [0.4, 0.5) is 0 Å². The van der Waals surface area contributed by atoms with E-state index in [9.17, 15) is 30.3 Å². The van der Waals surface area contributed by atoms with Gasteiger partial charge >= 0.3 is 5.97 Å². The number of aliphatic hydroxyl groups is 5. The Kier molecular flexibility index (Phi) is 5.54. The summed E-state index contributed by atoms with van der Waals surface area (Å²) in [7, 11) is 0. The fourth-order valence-corrected chi connectivity index (χ4v) is 5.83. The SMILES string of the molecule is CC1=CCC(OC2OC(CO)C(O)C(O)C2O)C2(C)CCC3(O)C(C)C(=O)OC3C12. The fourth-order valence-electron chi connectivity index (χ4n) is 5.83. The van der Waals surface area contributed by atoms with Crippen LogP contribution in [-0.2, 0) is 19.0 Å². The fraction of sp³-hybridized carbons (Fsp3) is 0.857. The van der Waals surface area contributed by atoms with Gasteiger partial charge in [-0.25, -0.2) is 0 Å². The Bertz CT molecular complexity index is 723. The second-order valence-electron chi connectivity index (χ2n) is 9.56. The van der Waals surface area contributed by atoms with Gasteiger partial charge in [0.15, 0.2) is 6.29 Å². The number of rotatable bonds is 3. The number of ether oxygens (including phenoxy) is 3. The van der Waals surface area contributed by atoms with Crippen LogP contribution < -0.4 is 0 Å². The molecule has 5 N–H and O–H groups in total. The molecule has 9 heteroatoms. The molecular weight excluding hydrogens is 396 g/mol. The molecule has 1 saturated carbocycles. The maximum Gasteiger partial charge on any atom is 0.312 e. The van der Waals surface area contributed by atoms with Crippen LogP contribution in [0.2, 0.25) is 0 Å². The molecular formula is C21H32O9. The predicted octanol–water partition coefficient (Wildman–Crippen LogP) is -0.770. The van der Waals surface area contributed by atoms with Gasteiger partial charge in [0, 0.05) is 11.3 Å². The van der Waals surface area contributed by atoms with E-state index in [0.717, 1.165) is 5.57 Å². The summed E-state index contributed by atoms with van der Waals surface area (Å²) in [5.74, 6) is -1.28. The Labute approximate surface area is 175 Å². The predicted molar refractivity (Wildman–Crippen MR) is 102 cm³/mol. The summed E-state index contributed by atoms with van der Waals surface area (Å²) in [4.78, 5) is 12.2. The highest BCUT2D eigenvalue weighted by Gasteiger charge is 2.66. The first-order valence-corrected chi connectivity index (χ1v) is 10.6. The Morgan fingerprint density at radius 3 is 2.57 bits per heavy atom. The molecule has 0 spiro atoms. The molecule has 3 fully saturated rings. The second-order valence-corrected chi connectivity index (χ2v) is 9.56. The van der Waals surface area contributed by atoms with E-state index in [2.05, 4.69) is 0 Å². The second kappa shape index (κ2) is 7.51. The van der Waals surface area contributed by atoms with E-state index in [1.54, 1.807) is 6.92 Å². The molecule has 2 aliphatic heterocycles. The summed E-state index contributed by atoms with van der Waals surface area (Å²) in [5, 5.41) is 51.1. The minimum Gasteiger partial charge on any atom is -0.458 e. The summed E-state index contributed by atoms with van der Waals surface area (Å²) in [5.41, 5.74) is -0.739. The van der Waals surface area contributed by atoms with E-state index in [-0.39, 0.29) is 5.92 Å². The first-order valence-electron chi connectivity index (χ1n) is 10.6. The lowest BCUT2D eigenvalue weighted by Crippen LogP contribution is -2.63. The van der Waals surface area contributed by atoms with Crippen molar-refractivity contribution in [1.82, 2.24) is 0 Å². The van der Waals surface area contributed by atoms with Gasteiger partial charge in [-0.2, -0.15) is 0 Å². The topological polar surface area (TPSA) is 146 Å². The Hall–Kier alpha value is -1.07. The van der Waals surface area contributed by atoms with E-state index >= 15 is 0 Å². The first-order chi connectivity index (χ1) is 14.0. The van der Waals surface area contributed by atoms with Crippen molar-refractivity contribution in [1.29, 1.82) is 0 Å². The van der Waals surface area contributed by atoms with E-state index < -0.39 is 72.4 Å². The molecule has 9 nitrogen and oxygen atoms in total. The van der Waals surface area contributed by atoms with Gasteiger partial charge in [-0.3, -0.25) is 4.79 Å². The normalized spacial score (nSPS) is 53.5. The molecule has 2 heterocycles. The standard InChI is InChI=1S/C21H32O9/c1-9-4-5-12(29-19-16(25)15(24)14(23)11(8-22)28-19)20(3)6-7-21(27)10(2)18(26)30-17(21)13(9)20/h4,10-17,19,22-25,27H,5-8H2,1-3H3. The van der Waals surface area contributed by atoms with Crippen molar-refractivity contribution in [2.24, 2.45) is 17.3 Å². The zero-order chi connectivity index (χ0) is 22.0. The lowest BCUT2D eigenvalue weighted by Gasteiger charge is -2.56. The highest BCUT2D eigenvalue weighted by Crippen LogP contribution is 2.58. The monoisotopic (exact) mass is 428 g/mol. The van der Waals surface area contributed by atoms with Crippen molar-refractivity contribution in [3.8, 4) is 0 Å². The molecule has 30 heavy (non-hydrogen) atoms. The number of carbonyl (C=O) groups is 1. The van der Waals surface area contributed by atoms with Crippen LogP contribution >= 0.6 is 0 Å². The average Bonchev–Trinajstić information content (AvgIpc) is 2.94. The number of fused-ring (bicyclic) bond motifs is 3. The average molecular weight is 428 g/mol. The molecule has 170 valence electrons. The van der Waals surface area contributed by atoms with Gasteiger partial charge in [0.05, 0.1) is 18.6 Å². The van der Waals surface area contributed by atoms with E-state index in [0.29, 0.717) is 19.3 Å². The highest BCUT2D eigenvalue weighted by molar-refractivity contribution is 5.77. The van der Waals surface area contributed by atoms with Gasteiger partial charge in [-0.05, 0) is 33.1 Å². The summed E-state index contributed by atoms with van der Waals surface area (Å²) in [6.07, 6.45) is -4.44. The van der Waals surface area contributed by atoms with Crippen LogP contribution in [0.15, 0.2) is 11.6 Å². The van der Waals surface area contributed by atoms with Gasteiger partial charge in [0.25, 0.3) is 0 Å². The summed E-state index contributed by atoms with van der Waals surface area (Å²) < 4.78 is 17.3. The molecule has 0 amide bonds. The van der Waals surface area contributed by atoms with Gasteiger partial charge in [0.1, 0.15) is 36.1 Å². The van der Waals surface area contributed by atoms with Crippen LogP contribution in [0.3, 0.4) is 0 Å². The van der Waals surface area contributed by atoms with E-state index in [1.165, 1.54) is 0 Å². The molecule has 11 atom stereocenters. The molecule has 2 saturated heterocycles. The van der Waals surface area contributed by atoms with Crippen LogP contribution in [0.1, 0.15) is 40.0 Å². The van der Waals surface area contributed by atoms with Crippen LogP contribution in [0, 0.1) is 17.3 Å². The van der Waals surface area contributed by atoms with E-state index in [1.807, 2.05) is 19.9 Å². The Morgan fingerprint density at radius 1 is 1.20 bits per heavy atom. The molecule has 0 aromatic carbocycles. The third-order valence-electron chi connectivity index (χ3n) is 7.94. The van der Waals surface area contributed by atoms with Crippen molar-refractivity contribution in [2.45, 2.75) is 88.5 Å². The lowest BCUT2D eigenvalue weighted by atomic mass is 9.53. The van der Waals surface area contributed by atoms with Gasteiger partial charge in [-0.15, -0.1) is 0 Å². The minimum atomic E-state index is -1.52. The highest BCUT2D eigenvalue weighted by atomic mass is 16.7. The molecule has 4 rings (SSSR count). The smallest absolute Gasteiger partial charge is 0.312 e. The number of hydrogen-bond donors (Lipinski definition) is 5. The zero-order valence-electron chi connectivity index (χ0n) is 17.5. The molecule has 11 unspecified atom stereocenters. The van der Waals surface area contributed by atoms with Crippen LogP contribution in [-0.4, -0.2) is 86.6 Å². The van der Waals surface area contributed by atoms with Crippen molar-refractivity contribution in [3.05, 3.63) is 11.6 Å². The minimum absolute atomic E-state index is 0.270. The van der Waals surface area contributed by atoms with Gasteiger partial charge in [0.2, 0.25) is 0 Å². The van der Waals surface area contributed by atoms with Gasteiger partial charge < -0.3 is 39.7 Å². The van der Waals surface area contributed by atoms with Crippen LogP contribution in [0.25, 0.3) is 0 Å². The lowest BCUT2D eigenvalue weighted by molar-refractivity contribution is -0.324. The maximum atomic E-state index is 12.2. The number of esters is 1.